The Labute approximate surface area is 102 Å². The van der Waals surface area contributed by atoms with E-state index in [1.807, 2.05) is 0 Å². The lowest BCUT2D eigenvalue weighted by atomic mass is 10.2. The fourth-order valence-corrected chi connectivity index (χ4v) is 2.80. The van der Waals surface area contributed by atoms with E-state index in [1.54, 1.807) is 11.3 Å². The lowest BCUT2D eigenvalue weighted by Gasteiger charge is -2.13. The molecule has 0 radical (unpaired) electrons. The minimum absolute atomic E-state index is 0.525. The molecule has 0 aliphatic carbocycles. The second-order valence-corrected chi connectivity index (χ2v) is 5.83. The number of anilines is 1. The average molecular weight is 239 g/mol. The molecule has 1 aliphatic rings. The fourth-order valence-electron chi connectivity index (χ4n) is 1.94. The first kappa shape index (κ1) is 11.9. The molecule has 0 spiro atoms. The zero-order valence-corrected chi connectivity index (χ0v) is 11.2. The molecule has 3 nitrogen and oxygen atoms in total. The molecule has 1 fully saturated rings. The molecule has 0 saturated carbocycles. The van der Waals surface area contributed by atoms with E-state index in [4.69, 9.17) is 0 Å². The van der Waals surface area contributed by atoms with Gasteiger partial charge in [-0.3, -0.25) is 0 Å². The summed E-state index contributed by atoms with van der Waals surface area (Å²) < 4.78 is 0. The highest BCUT2D eigenvalue weighted by Crippen LogP contribution is 2.26. The molecule has 4 heteroatoms. The van der Waals surface area contributed by atoms with Gasteiger partial charge in [0, 0.05) is 31.1 Å². The summed E-state index contributed by atoms with van der Waals surface area (Å²) in [5, 5.41) is 6.77. The zero-order chi connectivity index (χ0) is 11.5. The Hall–Kier alpha value is -0.610. The molecule has 1 atom stereocenters. The third kappa shape index (κ3) is 2.95. The van der Waals surface area contributed by atoms with E-state index in [2.05, 4.69) is 41.4 Å². The van der Waals surface area contributed by atoms with Crippen LogP contribution in [0.4, 0.5) is 5.13 Å². The normalized spacial score (nSPS) is 21.0. The highest BCUT2D eigenvalue weighted by atomic mass is 32.1. The first-order valence-corrected chi connectivity index (χ1v) is 6.96. The molecule has 1 saturated heterocycles. The standard InChI is InChI=1S/C12H21N3S/c1-9(2)13-6-11-8-16-12(14-11)15-5-4-10(3)7-15/h8-10,13H,4-7H2,1-3H3. The van der Waals surface area contributed by atoms with Gasteiger partial charge in [-0.2, -0.15) is 0 Å². The van der Waals surface area contributed by atoms with Crippen molar-refractivity contribution in [1.29, 1.82) is 0 Å². The molecule has 1 aliphatic heterocycles. The summed E-state index contributed by atoms with van der Waals surface area (Å²) in [7, 11) is 0. The van der Waals surface area contributed by atoms with Gasteiger partial charge < -0.3 is 10.2 Å². The molecular weight excluding hydrogens is 218 g/mol. The molecule has 1 aromatic heterocycles. The molecule has 0 aromatic carbocycles. The van der Waals surface area contributed by atoms with Crippen molar-refractivity contribution in [3.8, 4) is 0 Å². The lowest BCUT2D eigenvalue weighted by molar-refractivity contribution is 0.583. The predicted octanol–water partition coefficient (Wildman–Crippen LogP) is 2.49. The maximum Gasteiger partial charge on any atom is 0.185 e. The monoisotopic (exact) mass is 239 g/mol. The van der Waals surface area contributed by atoms with Crippen molar-refractivity contribution in [2.45, 2.75) is 39.8 Å². The molecule has 1 unspecified atom stereocenters. The minimum Gasteiger partial charge on any atom is -0.348 e. The van der Waals surface area contributed by atoms with Crippen LogP contribution in [0.1, 0.15) is 32.9 Å². The number of nitrogens with one attached hydrogen (secondary N) is 1. The van der Waals surface area contributed by atoms with Gasteiger partial charge in [-0.15, -0.1) is 11.3 Å². The Bertz CT molecular complexity index is 335. The van der Waals surface area contributed by atoms with Crippen molar-refractivity contribution < 1.29 is 0 Å². The third-order valence-corrected chi connectivity index (χ3v) is 3.88. The topological polar surface area (TPSA) is 28.2 Å². The third-order valence-electron chi connectivity index (χ3n) is 2.93. The van der Waals surface area contributed by atoms with Gasteiger partial charge in [-0.25, -0.2) is 4.98 Å². The first-order chi connectivity index (χ1) is 7.65. The van der Waals surface area contributed by atoms with Gasteiger partial charge in [0.15, 0.2) is 5.13 Å². The summed E-state index contributed by atoms with van der Waals surface area (Å²) in [6, 6.07) is 0.525. The van der Waals surface area contributed by atoms with E-state index in [0.29, 0.717) is 6.04 Å². The lowest BCUT2D eigenvalue weighted by Crippen LogP contribution is -2.22. The quantitative estimate of drug-likeness (QED) is 0.875. The van der Waals surface area contributed by atoms with Gasteiger partial charge in [0.1, 0.15) is 0 Å². The number of aromatic nitrogens is 1. The molecule has 90 valence electrons. The second kappa shape index (κ2) is 5.15. The van der Waals surface area contributed by atoms with Gasteiger partial charge in [-0.05, 0) is 12.3 Å². The number of rotatable bonds is 4. The number of hydrogen-bond donors (Lipinski definition) is 1. The van der Waals surface area contributed by atoms with Crippen LogP contribution in [0, 0.1) is 5.92 Å². The molecule has 2 rings (SSSR count). The molecular formula is C12H21N3S. The first-order valence-electron chi connectivity index (χ1n) is 6.08. The van der Waals surface area contributed by atoms with Crippen LogP contribution in [0.5, 0.6) is 0 Å². The van der Waals surface area contributed by atoms with Gasteiger partial charge in [0.05, 0.1) is 5.69 Å². The maximum absolute atomic E-state index is 4.68. The summed E-state index contributed by atoms with van der Waals surface area (Å²) in [5.74, 6) is 0.820. The Morgan fingerprint density at radius 1 is 1.62 bits per heavy atom. The van der Waals surface area contributed by atoms with E-state index in [9.17, 15) is 0 Å². The Morgan fingerprint density at radius 3 is 3.06 bits per heavy atom. The molecule has 0 amide bonds. The number of thiazole rings is 1. The smallest absolute Gasteiger partial charge is 0.185 e. The Kier molecular flexibility index (Phi) is 3.82. The zero-order valence-electron chi connectivity index (χ0n) is 10.4. The van der Waals surface area contributed by atoms with Crippen LogP contribution in [0.3, 0.4) is 0 Å². The Balaban J connectivity index is 1.91. The van der Waals surface area contributed by atoms with E-state index in [1.165, 1.54) is 30.3 Å². The van der Waals surface area contributed by atoms with Gasteiger partial charge >= 0.3 is 0 Å². The van der Waals surface area contributed by atoms with Crippen LogP contribution < -0.4 is 10.2 Å². The highest BCUT2D eigenvalue weighted by molar-refractivity contribution is 7.13. The highest BCUT2D eigenvalue weighted by Gasteiger charge is 2.21. The maximum atomic E-state index is 4.68. The molecule has 1 N–H and O–H groups in total. The van der Waals surface area contributed by atoms with E-state index >= 15 is 0 Å². The number of nitrogens with zero attached hydrogens (tertiary/aromatic N) is 2. The Morgan fingerprint density at radius 2 is 2.44 bits per heavy atom. The summed E-state index contributed by atoms with van der Waals surface area (Å²) in [5.41, 5.74) is 1.17. The average Bonchev–Trinajstić information content (AvgIpc) is 2.83. The van der Waals surface area contributed by atoms with Crippen LogP contribution >= 0.6 is 11.3 Å². The van der Waals surface area contributed by atoms with Crippen LogP contribution in [0.15, 0.2) is 5.38 Å². The van der Waals surface area contributed by atoms with Crippen molar-refractivity contribution in [3.63, 3.8) is 0 Å². The van der Waals surface area contributed by atoms with E-state index < -0.39 is 0 Å². The second-order valence-electron chi connectivity index (χ2n) is 5.00. The summed E-state index contributed by atoms with van der Waals surface area (Å²) in [6.45, 7) is 9.87. The van der Waals surface area contributed by atoms with Crippen molar-refractivity contribution in [2.24, 2.45) is 5.92 Å². The molecule has 2 heterocycles. The predicted molar refractivity (Wildman–Crippen MR) is 70.1 cm³/mol. The van der Waals surface area contributed by atoms with Gasteiger partial charge in [-0.1, -0.05) is 20.8 Å². The van der Waals surface area contributed by atoms with Crippen molar-refractivity contribution >= 4 is 16.5 Å². The van der Waals surface area contributed by atoms with Crippen LogP contribution in [0.25, 0.3) is 0 Å². The molecule has 16 heavy (non-hydrogen) atoms. The van der Waals surface area contributed by atoms with Crippen molar-refractivity contribution in [2.75, 3.05) is 18.0 Å². The summed E-state index contributed by atoms with van der Waals surface area (Å²) >= 11 is 1.78. The van der Waals surface area contributed by atoms with Crippen LogP contribution in [-0.2, 0) is 6.54 Å². The minimum atomic E-state index is 0.525. The fraction of sp³-hybridized carbons (Fsp3) is 0.750. The largest absolute Gasteiger partial charge is 0.348 e. The van der Waals surface area contributed by atoms with E-state index in [-0.39, 0.29) is 0 Å². The van der Waals surface area contributed by atoms with Crippen LogP contribution in [-0.4, -0.2) is 24.1 Å². The van der Waals surface area contributed by atoms with Gasteiger partial charge in [0.2, 0.25) is 0 Å². The van der Waals surface area contributed by atoms with Crippen molar-refractivity contribution in [1.82, 2.24) is 10.3 Å². The van der Waals surface area contributed by atoms with Crippen molar-refractivity contribution in [3.05, 3.63) is 11.1 Å². The van der Waals surface area contributed by atoms with Crippen LogP contribution in [0.2, 0.25) is 0 Å². The molecule has 0 bridgehead atoms. The van der Waals surface area contributed by atoms with E-state index in [0.717, 1.165) is 12.5 Å². The number of hydrogen-bond acceptors (Lipinski definition) is 4. The molecule has 1 aromatic rings. The van der Waals surface area contributed by atoms with Gasteiger partial charge in [0.25, 0.3) is 0 Å². The summed E-state index contributed by atoms with van der Waals surface area (Å²) in [6.07, 6.45) is 1.30. The SMILES string of the molecule is CC1CCN(c2nc(CNC(C)C)cs2)C1. The summed E-state index contributed by atoms with van der Waals surface area (Å²) in [4.78, 5) is 7.09.